The third-order valence-corrected chi connectivity index (χ3v) is 4.73. The minimum atomic E-state index is -0.206. The summed E-state index contributed by atoms with van der Waals surface area (Å²) in [5, 5.41) is 0.664. The van der Waals surface area contributed by atoms with Crippen LogP contribution in [-0.2, 0) is 11.3 Å². The van der Waals surface area contributed by atoms with Crippen LogP contribution in [-0.4, -0.2) is 30.0 Å². The van der Waals surface area contributed by atoms with Gasteiger partial charge in [0, 0.05) is 22.7 Å². The molecule has 0 radical (unpaired) electrons. The van der Waals surface area contributed by atoms with Gasteiger partial charge in [-0.05, 0) is 30.7 Å². The summed E-state index contributed by atoms with van der Waals surface area (Å²) < 4.78 is 5.92. The van der Waals surface area contributed by atoms with Gasteiger partial charge in [0.15, 0.2) is 0 Å². The Hall–Kier alpha value is -1.88. The summed E-state index contributed by atoms with van der Waals surface area (Å²) in [6.07, 6.45) is -0.206. The Balaban J connectivity index is 1.80. The molecular formula is C19H21ClN2O2. The first-order chi connectivity index (χ1) is 11.6. The topological polar surface area (TPSA) is 55.6 Å². The number of carbonyl (C=O) groups excluding carboxylic acids is 1. The van der Waals surface area contributed by atoms with Crippen LogP contribution in [0.1, 0.15) is 34.5 Å². The number of ether oxygens (including phenoxy) is 1. The van der Waals surface area contributed by atoms with Crippen LogP contribution in [0, 0.1) is 0 Å². The van der Waals surface area contributed by atoms with E-state index < -0.39 is 0 Å². The number of benzene rings is 2. The molecule has 3 rings (SSSR count). The first-order valence-electron chi connectivity index (χ1n) is 8.06. The second kappa shape index (κ2) is 7.34. The van der Waals surface area contributed by atoms with Crippen molar-refractivity contribution in [3.8, 4) is 0 Å². The highest BCUT2D eigenvalue weighted by Crippen LogP contribution is 2.30. The lowest BCUT2D eigenvalue weighted by Crippen LogP contribution is -2.48. The smallest absolute Gasteiger partial charge is 0.254 e. The van der Waals surface area contributed by atoms with Crippen molar-refractivity contribution in [3.63, 3.8) is 0 Å². The number of hydrogen-bond acceptors (Lipinski definition) is 3. The third kappa shape index (κ3) is 3.46. The number of halogens is 1. The molecule has 1 aliphatic rings. The molecule has 2 N–H and O–H groups in total. The van der Waals surface area contributed by atoms with E-state index in [1.165, 1.54) is 0 Å². The molecule has 126 valence electrons. The predicted octanol–water partition coefficient (Wildman–Crippen LogP) is 3.40. The van der Waals surface area contributed by atoms with Crippen molar-refractivity contribution in [2.24, 2.45) is 5.73 Å². The first-order valence-corrected chi connectivity index (χ1v) is 8.44. The fourth-order valence-corrected chi connectivity index (χ4v) is 3.17. The molecule has 1 aliphatic heterocycles. The lowest BCUT2D eigenvalue weighted by Gasteiger charge is -2.38. The van der Waals surface area contributed by atoms with Gasteiger partial charge in [0.05, 0.1) is 19.2 Å². The maximum absolute atomic E-state index is 12.9. The van der Waals surface area contributed by atoms with Crippen molar-refractivity contribution in [1.29, 1.82) is 0 Å². The molecule has 24 heavy (non-hydrogen) atoms. The SMILES string of the molecule is CC1COC(c2ccccc2Cl)CN1C(=O)c1ccc(CN)cc1. The van der Waals surface area contributed by atoms with Crippen LogP contribution < -0.4 is 5.73 Å². The second-order valence-electron chi connectivity index (χ2n) is 6.05. The highest BCUT2D eigenvalue weighted by molar-refractivity contribution is 6.31. The third-order valence-electron chi connectivity index (χ3n) is 4.38. The van der Waals surface area contributed by atoms with Crippen molar-refractivity contribution in [1.82, 2.24) is 4.90 Å². The van der Waals surface area contributed by atoms with E-state index in [0.717, 1.165) is 11.1 Å². The average molecular weight is 345 g/mol. The van der Waals surface area contributed by atoms with E-state index in [-0.39, 0.29) is 18.1 Å². The number of nitrogens with two attached hydrogens (primary N) is 1. The number of amides is 1. The molecule has 0 aliphatic carbocycles. The number of morpholine rings is 1. The van der Waals surface area contributed by atoms with E-state index >= 15 is 0 Å². The lowest BCUT2D eigenvalue weighted by molar-refractivity contribution is -0.0486. The van der Waals surface area contributed by atoms with Gasteiger partial charge >= 0.3 is 0 Å². The first kappa shape index (κ1) is 17.0. The van der Waals surface area contributed by atoms with Crippen LogP contribution in [0.4, 0.5) is 0 Å². The summed E-state index contributed by atoms with van der Waals surface area (Å²) in [5.74, 6) is 0.00595. The van der Waals surface area contributed by atoms with E-state index in [0.29, 0.717) is 30.3 Å². The zero-order chi connectivity index (χ0) is 17.1. The summed E-state index contributed by atoms with van der Waals surface area (Å²) in [7, 11) is 0. The summed E-state index contributed by atoms with van der Waals surface area (Å²) in [6.45, 7) is 3.44. The Morgan fingerprint density at radius 2 is 1.96 bits per heavy atom. The Kier molecular flexibility index (Phi) is 5.19. The maximum Gasteiger partial charge on any atom is 0.254 e. The molecule has 0 aromatic heterocycles. The van der Waals surface area contributed by atoms with Crippen LogP contribution in [0.15, 0.2) is 48.5 Å². The van der Waals surface area contributed by atoms with Crippen LogP contribution in [0.5, 0.6) is 0 Å². The molecule has 0 spiro atoms. The maximum atomic E-state index is 12.9. The molecule has 1 amide bonds. The fraction of sp³-hybridized carbons (Fsp3) is 0.316. The molecule has 1 heterocycles. The molecule has 0 bridgehead atoms. The number of carbonyl (C=O) groups is 1. The van der Waals surface area contributed by atoms with Gasteiger partial charge in [-0.25, -0.2) is 0 Å². The van der Waals surface area contributed by atoms with E-state index in [4.69, 9.17) is 22.1 Å². The van der Waals surface area contributed by atoms with Gasteiger partial charge in [0.1, 0.15) is 6.10 Å². The van der Waals surface area contributed by atoms with Gasteiger partial charge in [0.2, 0.25) is 0 Å². The van der Waals surface area contributed by atoms with Crippen molar-refractivity contribution >= 4 is 17.5 Å². The normalized spacial score (nSPS) is 20.9. The van der Waals surface area contributed by atoms with E-state index in [1.807, 2.05) is 60.4 Å². The summed E-state index contributed by atoms with van der Waals surface area (Å²) in [5.41, 5.74) is 8.21. The number of rotatable bonds is 3. The van der Waals surface area contributed by atoms with Crippen molar-refractivity contribution < 1.29 is 9.53 Å². The lowest BCUT2D eigenvalue weighted by atomic mass is 10.0. The molecule has 1 saturated heterocycles. The molecule has 2 atom stereocenters. The number of hydrogen-bond donors (Lipinski definition) is 1. The minimum absolute atomic E-state index is 0.00595. The van der Waals surface area contributed by atoms with E-state index in [1.54, 1.807) is 0 Å². The quantitative estimate of drug-likeness (QED) is 0.928. The van der Waals surface area contributed by atoms with E-state index in [9.17, 15) is 4.79 Å². The summed E-state index contributed by atoms with van der Waals surface area (Å²) in [4.78, 5) is 14.7. The molecule has 0 saturated carbocycles. The zero-order valence-electron chi connectivity index (χ0n) is 13.6. The Bertz CT molecular complexity index is 718. The Morgan fingerprint density at radius 3 is 2.62 bits per heavy atom. The average Bonchev–Trinajstić information content (AvgIpc) is 2.62. The molecule has 4 nitrogen and oxygen atoms in total. The Labute approximate surface area is 147 Å². The summed E-state index contributed by atoms with van der Waals surface area (Å²) >= 11 is 6.28. The molecule has 2 unspecified atom stereocenters. The Morgan fingerprint density at radius 1 is 1.25 bits per heavy atom. The minimum Gasteiger partial charge on any atom is -0.369 e. The van der Waals surface area contributed by atoms with Crippen LogP contribution >= 0.6 is 11.6 Å². The predicted molar refractivity (Wildman–Crippen MR) is 95.0 cm³/mol. The molecule has 2 aromatic rings. The molecule has 5 heteroatoms. The zero-order valence-corrected chi connectivity index (χ0v) is 14.4. The van der Waals surface area contributed by atoms with Gasteiger partial charge in [-0.2, -0.15) is 0 Å². The standard InChI is InChI=1S/C19H21ClN2O2/c1-13-12-24-18(16-4-2-3-5-17(16)20)11-22(13)19(23)15-8-6-14(10-21)7-9-15/h2-9,13,18H,10-12,21H2,1H3. The fourth-order valence-electron chi connectivity index (χ4n) is 2.91. The van der Waals surface area contributed by atoms with Crippen molar-refractivity contribution in [2.75, 3.05) is 13.2 Å². The highest BCUT2D eigenvalue weighted by Gasteiger charge is 2.31. The van der Waals surface area contributed by atoms with Crippen LogP contribution in [0.3, 0.4) is 0 Å². The molecule has 1 fully saturated rings. The second-order valence-corrected chi connectivity index (χ2v) is 6.46. The largest absolute Gasteiger partial charge is 0.369 e. The van der Waals surface area contributed by atoms with Crippen molar-refractivity contribution in [2.45, 2.75) is 25.6 Å². The van der Waals surface area contributed by atoms with Crippen LogP contribution in [0.2, 0.25) is 5.02 Å². The highest BCUT2D eigenvalue weighted by atomic mass is 35.5. The van der Waals surface area contributed by atoms with Crippen LogP contribution in [0.25, 0.3) is 0 Å². The van der Waals surface area contributed by atoms with E-state index in [2.05, 4.69) is 0 Å². The molecule has 2 aromatic carbocycles. The van der Waals surface area contributed by atoms with Crippen molar-refractivity contribution in [3.05, 3.63) is 70.2 Å². The summed E-state index contributed by atoms with van der Waals surface area (Å²) in [6, 6.07) is 15.1. The van der Waals surface area contributed by atoms with Gasteiger partial charge in [-0.15, -0.1) is 0 Å². The number of nitrogens with zero attached hydrogens (tertiary/aromatic N) is 1. The van der Waals surface area contributed by atoms with Gasteiger partial charge in [-0.3, -0.25) is 4.79 Å². The van der Waals surface area contributed by atoms with Gasteiger partial charge in [0.25, 0.3) is 5.91 Å². The van der Waals surface area contributed by atoms with Gasteiger partial charge < -0.3 is 15.4 Å². The molecular weight excluding hydrogens is 324 g/mol. The van der Waals surface area contributed by atoms with Gasteiger partial charge in [-0.1, -0.05) is 41.9 Å². The monoisotopic (exact) mass is 344 g/mol.